The summed E-state index contributed by atoms with van der Waals surface area (Å²) in [5.41, 5.74) is 0. The molecule has 16 heavy (non-hydrogen) atoms. The molecule has 0 aromatic heterocycles. The Morgan fingerprint density at radius 2 is 2.00 bits per heavy atom. The van der Waals surface area contributed by atoms with Crippen molar-refractivity contribution in [1.29, 1.82) is 0 Å². The molecule has 0 radical (unpaired) electrons. The molecule has 7 nitrogen and oxygen atoms in total. The maximum Gasteiger partial charge on any atom is 0.338 e. The third-order valence-electron chi connectivity index (χ3n) is 2.33. The van der Waals surface area contributed by atoms with Gasteiger partial charge in [-0.2, -0.15) is 0 Å². The van der Waals surface area contributed by atoms with Crippen LogP contribution in [-0.4, -0.2) is 58.7 Å². The molecule has 1 aliphatic heterocycles. The van der Waals surface area contributed by atoms with E-state index in [1.54, 1.807) is 0 Å². The van der Waals surface area contributed by atoms with Crippen LogP contribution in [0.5, 0.6) is 0 Å². The van der Waals surface area contributed by atoms with E-state index in [1.807, 2.05) is 0 Å². The molecule has 0 aromatic carbocycles. The first-order valence-corrected chi connectivity index (χ1v) is 5.02. The van der Waals surface area contributed by atoms with Crippen LogP contribution in [0.15, 0.2) is 0 Å². The van der Waals surface area contributed by atoms with Crippen molar-refractivity contribution < 1.29 is 29.6 Å². The number of hydrogen-bond donors (Lipinski definition) is 4. The normalized spacial score (nSPS) is 24.5. The average molecular weight is 233 g/mol. The summed E-state index contributed by atoms with van der Waals surface area (Å²) < 4.78 is 4.85. The van der Waals surface area contributed by atoms with Crippen molar-refractivity contribution in [1.82, 2.24) is 5.32 Å². The fourth-order valence-electron chi connectivity index (χ4n) is 1.42. The number of piperidine rings is 1. The molecule has 3 unspecified atom stereocenters. The molecule has 0 saturated carbocycles. The molecule has 3 atom stereocenters. The molecule has 0 spiro atoms. The van der Waals surface area contributed by atoms with Gasteiger partial charge in [0.05, 0.1) is 0 Å². The van der Waals surface area contributed by atoms with Crippen LogP contribution in [-0.2, 0) is 14.3 Å². The molecule has 1 rings (SSSR count). The maximum atomic E-state index is 11.2. The van der Waals surface area contributed by atoms with Crippen molar-refractivity contribution in [3.63, 3.8) is 0 Å². The quantitative estimate of drug-likeness (QED) is 0.418. The Bertz CT molecular complexity index is 263. The van der Waals surface area contributed by atoms with Crippen molar-refractivity contribution in [2.75, 3.05) is 13.1 Å². The van der Waals surface area contributed by atoms with Crippen molar-refractivity contribution >= 4 is 11.9 Å². The van der Waals surface area contributed by atoms with Gasteiger partial charge in [0.25, 0.3) is 0 Å². The molecule has 0 aromatic rings. The van der Waals surface area contributed by atoms with Gasteiger partial charge in [0.15, 0.2) is 12.2 Å². The van der Waals surface area contributed by atoms with Gasteiger partial charge in [-0.1, -0.05) is 0 Å². The minimum atomic E-state index is -2.15. The van der Waals surface area contributed by atoms with Gasteiger partial charge in [0, 0.05) is 6.54 Å². The lowest BCUT2D eigenvalue weighted by atomic mass is 10.1. The molecule has 1 aliphatic rings. The number of carbonyl (C=O) groups excluding carboxylic acids is 1. The smallest absolute Gasteiger partial charge is 0.338 e. The second-order valence-electron chi connectivity index (χ2n) is 3.63. The molecule has 7 heteroatoms. The lowest BCUT2D eigenvalue weighted by molar-refractivity contribution is -0.174. The van der Waals surface area contributed by atoms with E-state index in [0.717, 1.165) is 13.0 Å². The van der Waals surface area contributed by atoms with Crippen LogP contribution in [0, 0.1) is 0 Å². The van der Waals surface area contributed by atoms with Crippen LogP contribution in [0.25, 0.3) is 0 Å². The zero-order valence-electron chi connectivity index (χ0n) is 8.63. The van der Waals surface area contributed by atoms with Gasteiger partial charge in [-0.05, 0) is 19.4 Å². The minimum absolute atomic E-state index is 0.378. The van der Waals surface area contributed by atoms with Crippen molar-refractivity contribution in [3.8, 4) is 0 Å². The van der Waals surface area contributed by atoms with E-state index < -0.39 is 24.1 Å². The highest BCUT2D eigenvalue weighted by molar-refractivity contribution is 5.84. The molecule has 0 amide bonds. The van der Waals surface area contributed by atoms with Crippen LogP contribution in [0.4, 0.5) is 0 Å². The number of carbonyl (C=O) groups is 2. The van der Waals surface area contributed by atoms with E-state index in [9.17, 15) is 9.59 Å². The fourth-order valence-corrected chi connectivity index (χ4v) is 1.42. The van der Waals surface area contributed by atoms with Crippen LogP contribution in [0.3, 0.4) is 0 Å². The van der Waals surface area contributed by atoms with Crippen LogP contribution in [0.2, 0.25) is 0 Å². The molecular formula is C9H15NO6. The average Bonchev–Trinajstić information content (AvgIpc) is 2.28. The first kappa shape index (κ1) is 12.9. The van der Waals surface area contributed by atoms with E-state index >= 15 is 0 Å². The topological polar surface area (TPSA) is 116 Å². The number of rotatable bonds is 4. The Labute approximate surface area is 92.0 Å². The van der Waals surface area contributed by atoms with Crippen LogP contribution >= 0.6 is 0 Å². The molecule has 1 fully saturated rings. The second kappa shape index (κ2) is 5.78. The third-order valence-corrected chi connectivity index (χ3v) is 2.33. The zero-order chi connectivity index (χ0) is 12.1. The SMILES string of the molecule is O=C(O)C(O)C(O)C(=O)OC1CCCNC1. The molecule has 0 bridgehead atoms. The fraction of sp³-hybridized carbons (Fsp3) is 0.778. The largest absolute Gasteiger partial charge is 0.479 e. The van der Waals surface area contributed by atoms with E-state index in [4.69, 9.17) is 20.1 Å². The number of nitrogens with one attached hydrogen (secondary N) is 1. The minimum Gasteiger partial charge on any atom is -0.479 e. The number of aliphatic carboxylic acids is 1. The van der Waals surface area contributed by atoms with Gasteiger partial charge in [0.2, 0.25) is 0 Å². The lowest BCUT2D eigenvalue weighted by Gasteiger charge is -2.24. The van der Waals surface area contributed by atoms with Crippen molar-refractivity contribution in [3.05, 3.63) is 0 Å². The van der Waals surface area contributed by atoms with Gasteiger partial charge >= 0.3 is 11.9 Å². The Kier molecular flexibility index (Phi) is 4.66. The molecule has 1 saturated heterocycles. The Morgan fingerprint density at radius 1 is 1.31 bits per heavy atom. The number of carboxylic acids is 1. The number of hydrogen-bond acceptors (Lipinski definition) is 6. The number of esters is 1. The summed E-state index contributed by atoms with van der Waals surface area (Å²) in [5.74, 6) is -2.77. The Morgan fingerprint density at radius 3 is 2.50 bits per heavy atom. The van der Waals surface area contributed by atoms with Crippen molar-refractivity contribution in [2.24, 2.45) is 0 Å². The summed E-state index contributed by atoms with van der Waals surface area (Å²) in [4.78, 5) is 21.5. The molecule has 92 valence electrons. The van der Waals surface area contributed by atoms with E-state index in [2.05, 4.69) is 5.32 Å². The first-order chi connectivity index (χ1) is 7.52. The number of aliphatic hydroxyl groups is 2. The second-order valence-corrected chi connectivity index (χ2v) is 3.63. The Hall–Kier alpha value is -1.18. The predicted octanol–water partition coefficient (Wildman–Crippen LogP) is -1.91. The third kappa shape index (κ3) is 3.44. The number of aliphatic hydroxyl groups excluding tert-OH is 2. The van der Waals surface area contributed by atoms with E-state index in [1.165, 1.54) is 0 Å². The Balaban J connectivity index is 2.41. The van der Waals surface area contributed by atoms with Gasteiger partial charge < -0.3 is 25.4 Å². The number of carboxylic acid groups (broad SMARTS) is 1. The highest BCUT2D eigenvalue weighted by Crippen LogP contribution is 2.08. The van der Waals surface area contributed by atoms with Crippen molar-refractivity contribution in [2.45, 2.75) is 31.2 Å². The monoisotopic (exact) mass is 233 g/mol. The molecule has 0 aliphatic carbocycles. The highest BCUT2D eigenvalue weighted by atomic mass is 16.6. The van der Waals surface area contributed by atoms with E-state index in [0.29, 0.717) is 13.0 Å². The summed E-state index contributed by atoms with van der Waals surface area (Å²) in [6.45, 7) is 1.32. The zero-order valence-corrected chi connectivity index (χ0v) is 8.63. The van der Waals surface area contributed by atoms with Crippen LogP contribution in [0.1, 0.15) is 12.8 Å². The van der Waals surface area contributed by atoms with Gasteiger partial charge in [-0.25, -0.2) is 9.59 Å². The standard InChI is InChI=1S/C9H15NO6/c11-6(8(13)14)7(12)9(15)16-5-2-1-3-10-4-5/h5-7,10-12H,1-4H2,(H,13,14). The van der Waals surface area contributed by atoms with Gasteiger partial charge in [-0.3, -0.25) is 0 Å². The van der Waals surface area contributed by atoms with Gasteiger partial charge in [-0.15, -0.1) is 0 Å². The predicted molar refractivity (Wildman–Crippen MR) is 51.6 cm³/mol. The molecular weight excluding hydrogens is 218 g/mol. The van der Waals surface area contributed by atoms with E-state index in [-0.39, 0.29) is 6.10 Å². The summed E-state index contributed by atoms with van der Waals surface area (Å²) in [6, 6.07) is 0. The summed E-state index contributed by atoms with van der Waals surface area (Å²) >= 11 is 0. The highest BCUT2D eigenvalue weighted by Gasteiger charge is 2.33. The van der Waals surface area contributed by atoms with Gasteiger partial charge in [0.1, 0.15) is 6.10 Å². The summed E-state index contributed by atoms with van der Waals surface area (Å²) in [6.07, 6.45) is -3.06. The first-order valence-electron chi connectivity index (χ1n) is 5.02. The molecule has 1 heterocycles. The van der Waals surface area contributed by atoms with Crippen LogP contribution < -0.4 is 5.32 Å². The summed E-state index contributed by atoms with van der Waals surface area (Å²) in [7, 11) is 0. The number of ether oxygens (including phenoxy) is 1. The molecule has 4 N–H and O–H groups in total. The lowest BCUT2D eigenvalue weighted by Crippen LogP contribution is -2.44. The summed E-state index contributed by atoms with van der Waals surface area (Å²) in [5, 5.41) is 29.5. The maximum absolute atomic E-state index is 11.2.